The van der Waals surface area contributed by atoms with Gasteiger partial charge in [-0.1, -0.05) is 93.6 Å². The van der Waals surface area contributed by atoms with Crippen LogP contribution in [0.5, 0.6) is 0 Å². The summed E-state index contributed by atoms with van der Waals surface area (Å²) in [6.45, 7) is 7.06. The zero-order chi connectivity index (χ0) is 16.0. The van der Waals surface area contributed by atoms with Gasteiger partial charge in [-0.3, -0.25) is 0 Å². The molecule has 1 unspecified atom stereocenters. The number of rotatable bonds is 1. The molecule has 1 aliphatic rings. The van der Waals surface area contributed by atoms with Gasteiger partial charge in [0.25, 0.3) is 0 Å². The van der Waals surface area contributed by atoms with Gasteiger partial charge in [0.15, 0.2) is 0 Å². The van der Waals surface area contributed by atoms with Gasteiger partial charge in [0.05, 0.1) is 0 Å². The van der Waals surface area contributed by atoms with Gasteiger partial charge >= 0.3 is 0 Å². The van der Waals surface area contributed by atoms with Gasteiger partial charge in [-0.05, 0) is 38.8 Å². The van der Waals surface area contributed by atoms with Gasteiger partial charge in [0, 0.05) is 5.92 Å². The topological polar surface area (TPSA) is 0 Å². The summed E-state index contributed by atoms with van der Waals surface area (Å²) in [6, 6.07) is 26.4. The Labute approximate surface area is 138 Å². The highest BCUT2D eigenvalue weighted by Gasteiger charge is 2.38. The maximum atomic E-state index is 2.35. The van der Waals surface area contributed by atoms with Gasteiger partial charge in [0.1, 0.15) is 0 Å². The van der Waals surface area contributed by atoms with E-state index >= 15 is 0 Å². The Hall–Kier alpha value is -2.34. The lowest BCUT2D eigenvalue weighted by molar-refractivity contribution is 0.364. The van der Waals surface area contributed by atoms with Crippen molar-refractivity contribution in [1.29, 1.82) is 0 Å². The first kappa shape index (κ1) is 14.3. The summed E-state index contributed by atoms with van der Waals surface area (Å²) in [5.41, 5.74) is 8.64. The minimum Gasteiger partial charge on any atom is -0.0622 e. The monoisotopic (exact) mass is 298 g/mol. The molecule has 0 radical (unpaired) electrons. The van der Waals surface area contributed by atoms with E-state index in [0.717, 1.165) is 0 Å². The zero-order valence-electron chi connectivity index (χ0n) is 14.0. The van der Waals surface area contributed by atoms with Crippen molar-refractivity contribution in [2.24, 2.45) is 5.41 Å². The Morgan fingerprint density at radius 2 is 1.22 bits per heavy atom. The Bertz CT molecular complexity index is 851. The highest BCUT2D eigenvalue weighted by molar-refractivity contribution is 5.86. The number of hydrogen-bond donors (Lipinski definition) is 0. The molecule has 0 amide bonds. The third-order valence-electron chi connectivity index (χ3n) is 4.91. The molecule has 3 aromatic carbocycles. The Balaban J connectivity index is 2.04. The van der Waals surface area contributed by atoms with Crippen LogP contribution in [-0.4, -0.2) is 0 Å². The second-order valence-corrected chi connectivity index (χ2v) is 7.52. The van der Waals surface area contributed by atoms with E-state index in [1.807, 2.05) is 0 Å². The Morgan fingerprint density at radius 3 is 1.96 bits per heavy atom. The van der Waals surface area contributed by atoms with Crippen molar-refractivity contribution < 1.29 is 0 Å². The fourth-order valence-corrected chi connectivity index (χ4v) is 4.03. The number of benzene rings is 3. The van der Waals surface area contributed by atoms with E-state index in [1.54, 1.807) is 0 Å². The second-order valence-electron chi connectivity index (χ2n) is 7.52. The van der Waals surface area contributed by atoms with Crippen LogP contribution in [0.1, 0.15) is 37.8 Å². The van der Waals surface area contributed by atoms with E-state index in [-0.39, 0.29) is 5.41 Å². The molecule has 0 N–H and O–H groups in total. The molecular formula is C23H22. The maximum absolute atomic E-state index is 2.35. The Morgan fingerprint density at radius 1 is 0.609 bits per heavy atom. The van der Waals surface area contributed by atoms with E-state index < -0.39 is 0 Å². The molecule has 1 atom stereocenters. The summed E-state index contributed by atoms with van der Waals surface area (Å²) in [4.78, 5) is 0. The molecule has 0 saturated heterocycles. The van der Waals surface area contributed by atoms with Gasteiger partial charge in [-0.25, -0.2) is 0 Å². The largest absolute Gasteiger partial charge is 0.0622 e. The molecule has 0 saturated carbocycles. The first-order valence-electron chi connectivity index (χ1n) is 8.35. The molecule has 0 heterocycles. The van der Waals surface area contributed by atoms with Crippen LogP contribution in [0.4, 0.5) is 0 Å². The lowest BCUT2D eigenvalue weighted by Gasteiger charge is -2.30. The maximum Gasteiger partial charge on any atom is 0.0156 e. The summed E-state index contributed by atoms with van der Waals surface area (Å²) in [5.74, 6) is 0.435. The first-order chi connectivity index (χ1) is 11.1. The first-order valence-corrected chi connectivity index (χ1v) is 8.35. The van der Waals surface area contributed by atoms with Gasteiger partial charge in [-0.15, -0.1) is 0 Å². The summed E-state index contributed by atoms with van der Waals surface area (Å²) in [5, 5.41) is 0. The number of fused-ring (bicyclic) bond motifs is 3. The Kier molecular flexibility index (Phi) is 3.16. The van der Waals surface area contributed by atoms with Crippen LogP contribution >= 0.6 is 0 Å². The average molecular weight is 298 g/mol. The molecule has 3 aromatic rings. The fourth-order valence-electron chi connectivity index (χ4n) is 4.03. The molecule has 0 aliphatic heterocycles. The third-order valence-corrected chi connectivity index (χ3v) is 4.91. The zero-order valence-corrected chi connectivity index (χ0v) is 14.0. The van der Waals surface area contributed by atoms with Gasteiger partial charge in [-0.2, -0.15) is 0 Å². The molecule has 0 spiro atoms. The lowest BCUT2D eigenvalue weighted by Crippen LogP contribution is -2.18. The van der Waals surface area contributed by atoms with Crippen LogP contribution in [0.15, 0.2) is 72.8 Å². The molecule has 4 rings (SSSR count). The van der Waals surface area contributed by atoms with Crippen molar-refractivity contribution in [2.45, 2.75) is 26.7 Å². The molecule has 0 fully saturated rings. The second kappa shape index (κ2) is 5.09. The molecular weight excluding hydrogens is 276 g/mol. The van der Waals surface area contributed by atoms with Crippen molar-refractivity contribution in [3.8, 4) is 22.3 Å². The summed E-state index contributed by atoms with van der Waals surface area (Å²) < 4.78 is 0. The van der Waals surface area contributed by atoms with Crippen LogP contribution in [0, 0.1) is 5.41 Å². The van der Waals surface area contributed by atoms with Crippen molar-refractivity contribution in [3.05, 3.63) is 83.9 Å². The fraction of sp³-hybridized carbons (Fsp3) is 0.217. The van der Waals surface area contributed by atoms with Crippen molar-refractivity contribution in [1.82, 2.24) is 0 Å². The minimum absolute atomic E-state index is 0.187. The standard InChI is InChI=1S/C23H22/c1-23(2,3)22-20-13-8-7-12-18(20)19-15-9-14-17(21(19)22)16-10-5-4-6-11-16/h4-15,22H,1-3H3. The smallest absolute Gasteiger partial charge is 0.0156 e. The van der Waals surface area contributed by atoms with E-state index in [4.69, 9.17) is 0 Å². The van der Waals surface area contributed by atoms with Crippen molar-refractivity contribution in [3.63, 3.8) is 0 Å². The lowest BCUT2D eigenvalue weighted by atomic mass is 9.73. The van der Waals surface area contributed by atoms with E-state index in [0.29, 0.717) is 5.92 Å². The van der Waals surface area contributed by atoms with Crippen molar-refractivity contribution in [2.75, 3.05) is 0 Å². The van der Waals surface area contributed by atoms with Crippen LogP contribution in [0.25, 0.3) is 22.3 Å². The van der Waals surface area contributed by atoms with Gasteiger partial charge in [0.2, 0.25) is 0 Å². The summed E-state index contributed by atoms with van der Waals surface area (Å²) in [6.07, 6.45) is 0. The molecule has 0 aromatic heterocycles. The predicted molar refractivity (Wildman–Crippen MR) is 98.6 cm³/mol. The van der Waals surface area contributed by atoms with Gasteiger partial charge < -0.3 is 0 Å². The normalized spacial score (nSPS) is 16.0. The molecule has 114 valence electrons. The van der Waals surface area contributed by atoms with Crippen LogP contribution in [0.3, 0.4) is 0 Å². The van der Waals surface area contributed by atoms with Crippen LogP contribution < -0.4 is 0 Å². The molecule has 23 heavy (non-hydrogen) atoms. The quantitative estimate of drug-likeness (QED) is 0.480. The van der Waals surface area contributed by atoms with E-state index in [1.165, 1.54) is 33.4 Å². The van der Waals surface area contributed by atoms with E-state index in [2.05, 4.69) is 93.6 Å². The molecule has 0 nitrogen and oxygen atoms in total. The molecule has 0 heteroatoms. The highest BCUT2D eigenvalue weighted by atomic mass is 14.4. The summed E-state index contributed by atoms with van der Waals surface area (Å²) >= 11 is 0. The third kappa shape index (κ3) is 2.21. The van der Waals surface area contributed by atoms with Crippen LogP contribution in [-0.2, 0) is 0 Å². The van der Waals surface area contributed by atoms with E-state index in [9.17, 15) is 0 Å². The average Bonchev–Trinajstić information content (AvgIpc) is 2.90. The van der Waals surface area contributed by atoms with Crippen LogP contribution in [0.2, 0.25) is 0 Å². The minimum atomic E-state index is 0.187. The molecule has 1 aliphatic carbocycles. The SMILES string of the molecule is CC(C)(C)C1c2ccccc2-c2cccc(-c3ccccc3)c21. The molecule has 0 bridgehead atoms. The van der Waals surface area contributed by atoms with Crippen molar-refractivity contribution >= 4 is 0 Å². The number of hydrogen-bond acceptors (Lipinski definition) is 0. The predicted octanol–water partition coefficient (Wildman–Crippen LogP) is 6.51. The highest BCUT2D eigenvalue weighted by Crippen LogP contribution is 2.55. The summed E-state index contributed by atoms with van der Waals surface area (Å²) in [7, 11) is 0.